The summed E-state index contributed by atoms with van der Waals surface area (Å²) in [5, 5.41) is 5.73. The average Bonchev–Trinajstić information content (AvgIpc) is 3.37. The first-order chi connectivity index (χ1) is 13.2. The molecule has 0 saturated carbocycles. The molecule has 0 radical (unpaired) electrons. The van der Waals surface area contributed by atoms with Crippen molar-refractivity contribution >= 4 is 23.1 Å². The second kappa shape index (κ2) is 9.09. The highest BCUT2D eigenvalue weighted by molar-refractivity contribution is 7.12. The Hall–Kier alpha value is -3.00. The van der Waals surface area contributed by atoms with Gasteiger partial charge in [0, 0.05) is 6.42 Å². The van der Waals surface area contributed by atoms with Crippen molar-refractivity contribution < 1.29 is 23.6 Å². The fourth-order valence-corrected chi connectivity index (χ4v) is 3.04. The van der Waals surface area contributed by atoms with E-state index in [0.29, 0.717) is 28.6 Å². The Morgan fingerprint density at radius 1 is 1.15 bits per heavy atom. The van der Waals surface area contributed by atoms with E-state index in [-0.39, 0.29) is 31.1 Å². The average molecular weight is 386 g/mol. The van der Waals surface area contributed by atoms with Gasteiger partial charge in [-0.1, -0.05) is 23.4 Å². The number of carbonyl (C=O) groups is 2. The van der Waals surface area contributed by atoms with Crippen LogP contribution in [-0.4, -0.2) is 28.5 Å². The monoisotopic (exact) mass is 386 g/mol. The normalized spacial score (nSPS) is 10.6. The van der Waals surface area contributed by atoms with Crippen LogP contribution >= 0.6 is 11.3 Å². The van der Waals surface area contributed by atoms with Crippen molar-refractivity contribution in [3.05, 3.63) is 52.5 Å². The number of aromatic nitrogens is 2. The first-order valence-corrected chi connectivity index (χ1v) is 9.32. The largest absolute Gasteiger partial charge is 0.493 e. The van der Waals surface area contributed by atoms with Crippen LogP contribution in [0.15, 0.2) is 46.3 Å². The first kappa shape index (κ1) is 18.8. The minimum atomic E-state index is -0.491. The molecular formula is C19H18N2O5S. The van der Waals surface area contributed by atoms with Gasteiger partial charge in [0.2, 0.25) is 5.82 Å². The van der Waals surface area contributed by atoms with Crippen molar-refractivity contribution in [1.82, 2.24) is 10.1 Å². The van der Waals surface area contributed by atoms with E-state index in [1.165, 1.54) is 11.3 Å². The van der Waals surface area contributed by atoms with Crippen LogP contribution in [0.1, 0.15) is 35.3 Å². The van der Waals surface area contributed by atoms with E-state index in [9.17, 15) is 9.59 Å². The number of benzene rings is 1. The lowest BCUT2D eigenvalue weighted by Gasteiger charge is -2.06. The second-order valence-electron chi connectivity index (χ2n) is 5.50. The zero-order valence-corrected chi connectivity index (χ0v) is 15.5. The summed E-state index contributed by atoms with van der Waals surface area (Å²) < 4.78 is 15.8. The number of para-hydroxylation sites is 1. The molecule has 0 N–H and O–H groups in total. The molecule has 0 aliphatic carbocycles. The molecule has 140 valence electrons. The Balaban J connectivity index is 1.52. The number of rotatable bonds is 9. The Kier molecular flexibility index (Phi) is 6.32. The number of thiophene rings is 1. The highest BCUT2D eigenvalue weighted by atomic mass is 32.1. The van der Waals surface area contributed by atoms with Gasteiger partial charge in [-0.3, -0.25) is 9.59 Å². The summed E-state index contributed by atoms with van der Waals surface area (Å²) in [6, 6.07) is 10.9. The fraction of sp³-hybridized carbons (Fsp3) is 0.263. The maximum Gasteiger partial charge on any atom is 0.306 e. The second-order valence-corrected chi connectivity index (χ2v) is 6.45. The molecule has 0 fully saturated rings. The molecule has 2 aromatic heterocycles. The molecule has 8 heteroatoms. The maximum atomic E-state index is 11.9. The van der Waals surface area contributed by atoms with Crippen molar-refractivity contribution in [3.63, 3.8) is 0 Å². The summed E-state index contributed by atoms with van der Waals surface area (Å²) in [5.74, 6) is 0.618. The van der Waals surface area contributed by atoms with Crippen LogP contribution in [0.4, 0.5) is 0 Å². The predicted octanol–water partition coefficient (Wildman–Crippen LogP) is 3.90. The first-order valence-electron chi connectivity index (χ1n) is 8.44. The number of hydrogen-bond acceptors (Lipinski definition) is 8. The van der Waals surface area contributed by atoms with Gasteiger partial charge in [0.15, 0.2) is 12.4 Å². The molecular weight excluding hydrogens is 368 g/mol. The van der Waals surface area contributed by atoms with Crippen molar-refractivity contribution in [1.29, 1.82) is 0 Å². The molecule has 0 bridgehead atoms. The summed E-state index contributed by atoms with van der Waals surface area (Å²) in [7, 11) is 0. The van der Waals surface area contributed by atoms with Gasteiger partial charge in [0.05, 0.1) is 23.5 Å². The van der Waals surface area contributed by atoms with Gasteiger partial charge in [-0.05, 0) is 30.5 Å². The van der Waals surface area contributed by atoms with Gasteiger partial charge in [-0.2, -0.15) is 4.98 Å². The van der Waals surface area contributed by atoms with Gasteiger partial charge in [0.25, 0.3) is 5.89 Å². The van der Waals surface area contributed by atoms with Crippen LogP contribution in [0.5, 0.6) is 5.75 Å². The number of ether oxygens (including phenoxy) is 2. The van der Waals surface area contributed by atoms with Crippen molar-refractivity contribution in [3.8, 4) is 17.1 Å². The lowest BCUT2D eigenvalue weighted by Crippen LogP contribution is -2.07. The van der Waals surface area contributed by atoms with E-state index >= 15 is 0 Å². The molecule has 0 aliphatic heterocycles. The molecule has 0 unspecified atom stereocenters. The summed E-state index contributed by atoms with van der Waals surface area (Å²) in [6.45, 7) is 2.26. The zero-order valence-electron chi connectivity index (χ0n) is 14.7. The quantitative estimate of drug-likeness (QED) is 0.407. The van der Waals surface area contributed by atoms with Crippen molar-refractivity contribution in [2.24, 2.45) is 0 Å². The standard InChI is InChI=1S/C19H18N2O5S/c1-2-24-15-7-4-3-6-13(15)19-20-17(26-21-19)12-25-18(23)10-9-14(22)16-8-5-11-27-16/h3-8,11H,2,9-10,12H2,1H3. The van der Waals surface area contributed by atoms with Crippen molar-refractivity contribution in [2.75, 3.05) is 6.61 Å². The zero-order chi connectivity index (χ0) is 19.1. The lowest BCUT2D eigenvalue weighted by molar-refractivity contribution is -0.145. The number of ketones is 1. The molecule has 0 spiro atoms. The van der Waals surface area contributed by atoms with Crippen LogP contribution in [0.2, 0.25) is 0 Å². The highest BCUT2D eigenvalue weighted by Crippen LogP contribution is 2.27. The summed E-state index contributed by atoms with van der Waals surface area (Å²) in [5.41, 5.74) is 0.697. The van der Waals surface area contributed by atoms with Crippen LogP contribution in [-0.2, 0) is 16.1 Å². The van der Waals surface area contributed by atoms with E-state index in [1.54, 1.807) is 12.1 Å². The van der Waals surface area contributed by atoms with Gasteiger partial charge >= 0.3 is 5.97 Å². The SMILES string of the molecule is CCOc1ccccc1-c1noc(COC(=O)CCC(=O)c2cccs2)n1. The van der Waals surface area contributed by atoms with Crippen LogP contribution < -0.4 is 4.74 Å². The third-order valence-corrected chi connectivity index (χ3v) is 4.52. The Labute approximate surface area is 159 Å². The Morgan fingerprint density at radius 2 is 2.00 bits per heavy atom. The molecule has 0 aliphatic rings. The molecule has 0 saturated heterocycles. The topological polar surface area (TPSA) is 91.5 Å². The minimum Gasteiger partial charge on any atom is -0.493 e. The number of Topliss-reactive ketones (excluding diaryl/α,β-unsaturated/α-hetero) is 1. The minimum absolute atomic E-state index is 0.00486. The molecule has 1 aromatic carbocycles. The number of hydrogen-bond donors (Lipinski definition) is 0. The van der Waals surface area contributed by atoms with Crippen LogP contribution in [0.25, 0.3) is 11.4 Å². The van der Waals surface area contributed by atoms with Gasteiger partial charge < -0.3 is 14.0 Å². The molecule has 0 amide bonds. The third-order valence-electron chi connectivity index (χ3n) is 3.60. The molecule has 27 heavy (non-hydrogen) atoms. The van der Waals surface area contributed by atoms with E-state index < -0.39 is 5.97 Å². The van der Waals surface area contributed by atoms with Gasteiger partial charge in [0.1, 0.15) is 5.75 Å². The maximum absolute atomic E-state index is 11.9. The van der Waals surface area contributed by atoms with Gasteiger partial charge in [-0.25, -0.2) is 0 Å². The van der Waals surface area contributed by atoms with E-state index in [0.717, 1.165) is 0 Å². The molecule has 7 nitrogen and oxygen atoms in total. The molecule has 3 rings (SSSR count). The summed E-state index contributed by atoms with van der Waals surface area (Å²) >= 11 is 1.35. The van der Waals surface area contributed by atoms with Crippen LogP contribution in [0, 0.1) is 0 Å². The fourth-order valence-electron chi connectivity index (χ4n) is 2.35. The number of nitrogens with zero attached hydrogens (tertiary/aromatic N) is 2. The Bertz CT molecular complexity index is 904. The molecule has 2 heterocycles. The lowest BCUT2D eigenvalue weighted by atomic mass is 10.2. The summed E-state index contributed by atoms with van der Waals surface area (Å²) in [6.07, 6.45) is 0.112. The van der Waals surface area contributed by atoms with Crippen molar-refractivity contribution in [2.45, 2.75) is 26.4 Å². The van der Waals surface area contributed by atoms with E-state index in [4.69, 9.17) is 14.0 Å². The molecule has 0 atom stereocenters. The van der Waals surface area contributed by atoms with E-state index in [2.05, 4.69) is 10.1 Å². The Morgan fingerprint density at radius 3 is 2.78 bits per heavy atom. The number of carbonyl (C=O) groups excluding carboxylic acids is 2. The number of esters is 1. The molecule has 3 aromatic rings. The third kappa shape index (κ3) is 5.01. The highest BCUT2D eigenvalue weighted by Gasteiger charge is 2.15. The summed E-state index contributed by atoms with van der Waals surface area (Å²) in [4.78, 5) is 28.6. The smallest absolute Gasteiger partial charge is 0.306 e. The van der Waals surface area contributed by atoms with Crippen LogP contribution in [0.3, 0.4) is 0 Å². The van der Waals surface area contributed by atoms with E-state index in [1.807, 2.05) is 36.6 Å². The predicted molar refractivity (Wildman–Crippen MR) is 98.6 cm³/mol. The van der Waals surface area contributed by atoms with Gasteiger partial charge in [-0.15, -0.1) is 11.3 Å².